The lowest BCUT2D eigenvalue weighted by Crippen LogP contribution is -2.52. The van der Waals surface area contributed by atoms with Gasteiger partial charge in [-0.25, -0.2) is 4.98 Å². The number of hydrogen-bond donors (Lipinski definition) is 2. The van der Waals surface area contributed by atoms with Gasteiger partial charge in [-0.05, 0) is 48.4 Å². The van der Waals surface area contributed by atoms with Gasteiger partial charge in [0.1, 0.15) is 5.60 Å². The fourth-order valence-electron chi connectivity index (χ4n) is 4.47. The molecule has 1 saturated heterocycles. The van der Waals surface area contributed by atoms with E-state index < -0.39 is 5.60 Å². The zero-order valence-corrected chi connectivity index (χ0v) is 20.8. The number of aliphatic hydroxyl groups is 2. The number of benzene rings is 2. The van der Waals surface area contributed by atoms with Crippen molar-refractivity contribution in [3.05, 3.63) is 87.5 Å². The third-order valence-electron chi connectivity index (χ3n) is 6.32. The van der Waals surface area contributed by atoms with Crippen molar-refractivity contribution in [1.29, 1.82) is 0 Å². The second-order valence-corrected chi connectivity index (χ2v) is 9.65. The Balaban J connectivity index is 1.59. The van der Waals surface area contributed by atoms with Crippen molar-refractivity contribution in [2.75, 3.05) is 38.2 Å². The molecule has 1 aliphatic rings. The maximum atomic E-state index is 11.3. The van der Waals surface area contributed by atoms with Crippen LogP contribution in [0, 0.1) is 0 Å². The van der Waals surface area contributed by atoms with Crippen LogP contribution in [0.3, 0.4) is 0 Å². The summed E-state index contributed by atoms with van der Waals surface area (Å²) in [5.41, 5.74) is 2.47. The Morgan fingerprint density at radius 1 is 1.09 bits per heavy atom. The predicted molar refractivity (Wildman–Crippen MR) is 136 cm³/mol. The van der Waals surface area contributed by atoms with E-state index in [4.69, 9.17) is 27.9 Å². The van der Waals surface area contributed by atoms with E-state index in [1.54, 1.807) is 19.4 Å². The van der Waals surface area contributed by atoms with Gasteiger partial charge in [-0.3, -0.25) is 4.90 Å². The second kappa shape index (κ2) is 10.5. The minimum absolute atomic E-state index is 0.00767. The minimum Gasteiger partial charge on any atom is -0.481 e. The van der Waals surface area contributed by atoms with E-state index in [0.717, 1.165) is 35.5 Å². The standard InChI is InChI=1S/C26H29Cl2N3O3/c1-26(33,20-6-10-25(34-2)29-14-20)17-30-11-12-31(23-9-3-18(16-32)13-22(23)28)24(15-30)19-4-7-21(27)8-5-19/h3-10,13-14,24,32-33H,11-12,15-17H2,1-2H3/t24-,26-/m1/s1. The van der Waals surface area contributed by atoms with Gasteiger partial charge in [-0.1, -0.05) is 41.4 Å². The van der Waals surface area contributed by atoms with Gasteiger partial charge in [0.25, 0.3) is 0 Å². The fourth-order valence-corrected chi connectivity index (χ4v) is 4.91. The molecule has 3 aromatic rings. The van der Waals surface area contributed by atoms with Gasteiger partial charge in [0, 0.05) is 49.0 Å². The topological polar surface area (TPSA) is 69.1 Å². The number of anilines is 1. The van der Waals surface area contributed by atoms with E-state index in [-0.39, 0.29) is 12.6 Å². The molecule has 0 spiro atoms. The SMILES string of the molecule is COc1ccc([C@](C)(O)CN2CCN(c3ccc(CO)cc3Cl)[C@@H](c3ccc(Cl)cc3)C2)cn1. The van der Waals surface area contributed by atoms with E-state index in [1.165, 1.54) is 0 Å². The largest absolute Gasteiger partial charge is 0.481 e. The number of ether oxygens (including phenoxy) is 1. The molecule has 2 heterocycles. The first-order valence-electron chi connectivity index (χ1n) is 11.2. The van der Waals surface area contributed by atoms with Gasteiger partial charge in [0.2, 0.25) is 5.88 Å². The molecule has 34 heavy (non-hydrogen) atoms. The van der Waals surface area contributed by atoms with Gasteiger partial charge >= 0.3 is 0 Å². The fraction of sp³-hybridized carbons (Fsp3) is 0.346. The Kier molecular flexibility index (Phi) is 7.65. The van der Waals surface area contributed by atoms with E-state index in [9.17, 15) is 10.2 Å². The highest BCUT2D eigenvalue weighted by Gasteiger charge is 2.34. The van der Waals surface area contributed by atoms with Crippen molar-refractivity contribution < 1.29 is 14.9 Å². The number of aromatic nitrogens is 1. The highest BCUT2D eigenvalue weighted by molar-refractivity contribution is 6.33. The van der Waals surface area contributed by atoms with E-state index in [0.29, 0.717) is 29.0 Å². The lowest BCUT2D eigenvalue weighted by Gasteiger charge is -2.45. The molecule has 1 fully saturated rings. The average Bonchev–Trinajstić information content (AvgIpc) is 2.84. The number of aliphatic hydroxyl groups excluding tert-OH is 1. The van der Waals surface area contributed by atoms with Gasteiger partial charge in [0.15, 0.2) is 0 Å². The van der Waals surface area contributed by atoms with Crippen LogP contribution in [0.15, 0.2) is 60.8 Å². The summed E-state index contributed by atoms with van der Waals surface area (Å²) in [6, 6.07) is 17.1. The summed E-state index contributed by atoms with van der Waals surface area (Å²) in [4.78, 5) is 8.79. The first-order chi connectivity index (χ1) is 16.3. The summed E-state index contributed by atoms with van der Waals surface area (Å²) < 4.78 is 5.14. The van der Waals surface area contributed by atoms with Crippen molar-refractivity contribution in [1.82, 2.24) is 9.88 Å². The smallest absolute Gasteiger partial charge is 0.212 e. The van der Waals surface area contributed by atoms with Crippen LogP contribution >= 0.6 is 23.2 Å². The van der Waals surface area contributed by atoms with Crippen LogP contribution in [0.1, 0.15) is 29.7 Å². The van der Waals surface area contributed by atoms with Crippen LogP contribution in [-0.2, 0) is 12.2 Å². The first-order valence-corrected chi connectivity index (χ1v) is 11.9. The molecule has 0 unspecified atom stereocenters. The molecule has 1 aliphatic heterocycles. The van der Waals surface area contributed by atoms with Gasteiger partial charge in [0.05, 0.1) is 30.5 Å². The second-order valence-electron chi connectivity index (χ2n) is 8.80. The first kappa shape index (κ1) is 24.8. The summed E-state index contributed by atoms with van der Waals surface area (Å²) in [5.74, 6) is 0.514. The maximum Gasteiger partial charge on any atom is 0.212 e. The molecule has 6 nitrogen and oxygen atoms in total. The zero-order valence-electron chi connectivity index (χ0n) is 19.3. The predicted octanol–water partition coefficient (Wildman–Crippen LogP) is 4.66. The Morgan fingerprint density at radius 2 is 1.85 bits per heavy atom. The molecule has 0 saturated carbocycles. The van der Waals surface area contributed by atoms with Crippen LogP contribution < -0.4 is 9.64 Å². The van der Waals surface area contributed by atoms with Gasteiger partial charge < -0.3 is 19.8 Å². The summed E-state index contributed by atoms with van der Waals surface area (Å²) in [6.07, 6.45) is 1.66. The quantitative estimate of drug-likeness (QED) is 0.490. The Hall–Kier alpha value is -2.35. The van der Waals surface area contributed by atoms with Crippen LogP contribution in [0.5, 0.6) is 5.88 Å². The third kappa shape index (κ3) is 5.48. The molecular formula is C26H29Cl2N3O3. The summed E-state index contributed by atoms with van der Waals surface area (Å²) in [5, 5.41) is 22.0. The number of methoxy groups -OCH3 is 1. The molecule has 2 aromatic carbocycles. The third-order valence-corrected chi connectivity index (χ3v) is 6.88. The molecule has 4 rings (SSSR count). The number of β-amino-alcohol motifs (C(OH)–C–C–N with tert-alkyl or cyclic N) is 1. The van der Waals surface area contributed by atoms with E-state index in [2.05, 4.69) is 14.8 Å². The van der Waals surface area contributed by atoms with Crippen molar-refractivity contribution in [3.8, 4) is 5.88 Å². The number of halogens is 2. The molecule has 0 aliphatic carbocycles. The van der Waals surface area contributed by atoms with E-state index >= 15 is 0 Å². The minimum atomic E-state index is -1.08. The van der Waals surface area contributed by atoms with Crippen molar-refractivity contribution in [2.24, 2.45) is 0 Å². The molecule has 2 atom stereocenters. The van der Waals surface area contributed by atoms with E-state index in [1.807, 2.05) is 55.5 Å². The molecule has 0 bridgehead atoms. The summed E-state index contributed by atoms with van der Waals surface area (Å²) >= 11 is 12.8. The number of rotatable bonds is 7. The summed E-state index contributed by atoms with van der Waals surface area (Å²) in [6.45, 7) is 4.38. The van der Waals surface area contributed by atoms with Crippen molar-refractivity contribution in [3.63, 3.8) is 0 Å². The van der Waals surface area contributed by atoms with Crippen LogP contribution in [-0.4, -0.2) is 53.4 Å². The van der Waals surface area contributed by atoms with Crippen molar-refractivity contribution >= 4 is 28.9 Å². The molecule has 180 valence electrons. The van der Waals surface area contributed by atoms with Crippen LogP contribution in [0.2, 0.25) is 10.0 Å². The number of nitrogens with zero attached hydrogens (tertiary/aromatic N) is 3. The highest BCUT2D eigenvalue weighted by Crippen LogP contribution is 2.37. The maximum absolute atomic E-state index is 11.3. The molecule has 8 heteroatoms. The van der Waals surface area contributed by atoms with Crippen molar-refractivity contribution in [2.45, 2.75) is 25.2 Å². The molecule has 1 aromatic heterocycles. The monoisotopic (exact) mass is 501 g/mol. The lowest BCUT2D eigenvalue weighted by molar-refractivity contribution is 0.00997. The summed E-state index contributed by atoms with van der Waals surface area (Å²) in [7, 11) is 1.57. The van der Waals surface area contributed by atoms with Crippen LogP contribution in [0.25, 0.3) is 0 Å². The average molecular weight is 502 g/mol. The molecular weight excluding hydrogens is 473 g/mol. The Morgan fingerprint density at radius 3 is 2.47 bits per heavy atom. The van der Waals surface area contributed by atoms with Gasteiger partial charge in [-0.2, -0.15) is 0 Å². The Bertz CT molecular complexity index is 1110. The van der Waals surface area contributed by atoms with Crippen LogP contribution in [0.4, 0.5) is 5.69 Å². The molecule has 0 radical (unpaired) electrons. The number of hydrogen-bond acceptors (Lipinski definition) is 6. The normalized spacial score (nSPS) is 18.5. The zero-order chi connectivity index (χ0) is 24.3. The lowest BCUT2D eigenvalue weighted by atomic mass is 9.95. The number of piperazine rings is 1. The Labute approximate surface area is 210 Å². The molecule has 2 N–H and O–H groups in total. The molecule has 0 amide bonds. The number of pyridine rings is 1. The highest BCUT2D eigenvalue weighted by atomic mass is 35.5. The van der Waals surface area contributed by atoms with Gasteiger partial charge in [-0.15, -0.1) is 0 Å².